The number of benzene rings is 1. The molecule has 0 spiro atoms. The minimum Gasteiger partial charge on any atom is -0.399 e. The van der Waals surface area contributed by atoms with Crippen LogP contribution in [0.25, 0.3) is 0 Å². The van der Waals surface area contributed by atoms with Crippen LogP contribution in [0.3, 0.4) is 0 Å². The molecule has 0 aromatic heterocycles. The van der Waals surface area contributed by atoms with E-state index in [4.69, 9.17) is 15.2 Å². The van der Waals surface area contributed by atoms with Crippen LogP contribution in [0.4, 0.5) is 15.8 Å². The molecular formula is C14H19FN2O3. The summed E-state index contributed by atoms with van der Waals surface area (Å²) in [5, 5.41) is 2.45. The molecule has 0 radical (unpaired) electrons. The van der Waals surface area contributed by atoms with E-state index >= 15 is 0 Å². The molecule has 1 aliphatic heterocycles. The lowest BCUT2D eigenvalue weighted by molar-refractivity contribution is -0.121. The highest BCUT2D eigenvalue weighted by molar-refractivity contribution is 5.92. The van der Waals surface area contributed by atoms with Crippen molar-refractivity contribution in [2.45, 2.75) is 12.8 Å². The van der Waals surface area contributed by atoms with Crippen molar-refractivity contribution in [2.24, 2.45) is 5.92 Å². The van der Waals surface area contributed by atoms with Crippen LogP contribution in [0.1, 0.15) is 12.8 Å². The zero-order chi connectivity index (χ0) is 14.4. The molecule has 1 saturated heterocycles. The topological polar surface area (TPSA) is 73.6 Å². The van der Waals surface area contributed by atoms with Gasteiger partial charge in [0.2, 0.25) is 5.91 Å². The van der Waals surface area contributed by atoms with Crippen molar-refractivity contribution in [3.63, 3.8) is 0 Å². The van der Waals surface area contributed by atoms with Crippen LogP contribution in [0.2, 0.25) is 0 Å². The number of amides is 1. The SMILES string of the molecule is Nc1ccc(F)c(NC(=O)COCC2CCOCC2)c1. The molecule has 20 heavy (non-hydrogen) atoms. The third kappa shape index (κ3) is 4.47. The average molecular weight is 282 g/mol. The average Bonchev–Trinajstić information content (AvgIpc) is 2.44. The lowest BCUT2D eigenvalue weighted by Crippen LogP contribution is -2.24. The van der Waals surface area contributed by atoms with E-state index in [9.17, 15) is 9.18 Å². The summed E-state index contributed by atoms with van der Waals surface area (Å²) >= 11 is 0. The Hall–Kier alpha value is -1.66. The number of halogens is 1. The molecule has 1 aliphatic rings. The summed E-state index contributed by atoms with van der Waals surface area (Å²) in [6.45, 7) is 1.92. The fourth-order valence-electron chi connectivity index (χ4n) is 2.06. The molecule has 0 bridgehead atoms. The van der Waals surface area contributed by atoms with E-state index < -0.39 is 5.82 Å². The highest BCUT2D eigenvalue weighted by atomic mass is 19.1. The molecule has 6 heteroatoms. The van der Waals surface area contributed by atoms with Crippen LogP contribution >= 0.6 is 0 Å². The lowest BCUT2D eigenvalue weighted by Gasteiger charge is -2.21. The molecule has 5 nitrogen and oxygen atoms in total. The summed E-state index contributed by atoms with van der Waals surface area (Å²) in [4.78, 5) is 11.6. The smallest absolute Gasteiger partial charge is 0.250 e. The van der Waals surface area contributed by atoms with Gasteiger partial charge in [-0.2, -0.15) is 0 Å². The van der Waals surface area contributed by atoms with Gasteiger partial charge in [0.1, 0.15) is 12.4 Å². The number of rotatable bonds is 5. The molecule has 1 aromatic carbocycles. The van der Waals surface area contributed by atoms with Crippen LogP contribution in [-0.2, 0) is 14.3 Å². The van der Waals surface area contributed by atoms with Gasteiger partial charge in [-0.1, -0.05) is 0 Å². The minimum absolute atomic E-state index is 0.0738. The first kappa shape index (κ1) is 14.7. The minimum atomic E-state index is -0.517. The molecule has 0 saturated carbocycles. The number of carbonyl (C=O) groups is 1. The molecule has 110 valence electrons. The molecule has 1 amide bonds. The van der Waals surface area contributed by atoms with Crippen LogP contribution in [-0.4, -0.2) is 32.3 Å². The van der Waals surface area contributed by atoms with Crippen molar-refractivity contribution in [1.29, 1.82) is 0 Å². The molecule has 1 fully saturated rings. The molecule has 1 heterocycles. The summed E-state index contributed by atoms with van der Waals surface area (Å²) in [6, 6.07) is 4.03. The van der Waals surface area contributed by atoms with E-state index in [1.165, 1.54) is 18.2 Å². The van der Waals surface area contributed by atoms with E-state index in [1.807, 2.05) is 0 Å². The number of anilines is 2. The van der Waals surface area contributed by atoms with Crippen LogP contribution in [0, 0.1) is 11.7 Å². The Morgan fingerprint density at radius 2 is 2.20 bits per heavy atom. The normalized spacial score (nSPS) is 16.1. The van der Waals surface area contributed by atoms with Crippen molar-refractivity contribution in [2.75, 3.05) is 37.5 Å². The molecule has 1 aromatic rings. The van der Waals surface area contributed by atoms with Crippen molar-refractivity contribution in [3.05, 3.63) is 24.0 Å². The van der Waals surface area contributed by atoms with Gasteiger partial charge in [0.15, 0.2) is 0 Å². The number of ether oxygens (including phenoxy) is 2. The number of nitrogens with one attached hydrogen (secondary N) is 1. The van der Waals surface area contributed by atoms with Crippen molar-refractivity contribution in [3.8, 4) is 0 Å². The molecule has 0 unspecified atom stereocenters. The van der Waals surface area contributed by atoms with Gasteiger partial charge in [0, 0.05) is 18.9 Å². The van der Waals surface area contributed by atoms with Gasteiger partial charge in [0.25, 0.3) is 0 Å². The quantitative estimate of drug-likeness (QED) is 0.807. The first-order valence-electron chi connectivity index (χ1n) is 6.65. The maximum atomic E-state index is 13.4. The van der Waals surface area contributed by atoms with Crippen LogP contribution < -0.4 is 11.1 Å². The first-order chi connectivity index (χ1) is 9.65. The lowest BCUT2D eigenvalue weighted by atomic mass is 10.0. The van der Waals surface area contributed by atoms with Gasteiger partial charge in [-0.15, -0.1) is 0 Å². The molecule has 3 N–H and O–H groups in total. The Balaban J connectivity index is 1.73. The Labute approximate surface area is 117 Å². The monoisotopic (exact) mass is 282 g/mol. The fraction of sp³-hybridized carbons (Fsp3) is 0.500. The van der Waals surface area contributed by atoms with E-state index in [2.05, 4.69) is 5.32 Å². The number of hydrogen-bond donors (Lipinski definition) is 2. The van der Waals surface area contributed by atoms with E-state index in [0.29, 0.717) is 18.2 Å². The number of hydrogen-bond acceptors (Lipinski definition) is 4. The summed E-state index contributed by atoms with van der Waals surface area (Å²) in [7, 11) is 0. The zero-order valence-corrected chi connectivity index (χ0v) is 11.2. The predicted octanol–water partition coefficient (Wildman–Crippen LogP) is 1.79. The maximum absolute atomic E-state index is 13.4. The van der Waals surface area contributed by atoms with Crippen LogP contribution in [0.15, 0.2) is 18.2 Å². The fourth-order valence-corrected chi connectivity index (χ4v) is 2.06. The molecular weight excluding hydrogens is 263 g/mol. The van der Waals surface area contributed by atoms with Gasteiger partial charge in [-0.05, 0) is 37.0 Å². The molecule has 0 aliphatic carbocycles. The Kier molecular flexibility index (Phi) is 5.31. The maximum Gasteiger partial charge on any atom is 0.250 e. The summed E-state index contributed by atoms with van der Waals surface area (Å²) in [5.41, 5.74) is 6.01. The third-order valence-corrected chi connectivity index (χ3v) is 3.19. The predicted molar refractivity (Wildman–Crippen MR) is 73.8 cm³/mol. The summed E-state index contributed by atoms with van der Waals surface area (Å²) < 4.78 is 24.0. The highest BCUT2D eigenvalue weighted by Gasteiger charge is 2.14. The Morgan fingerprint density at radius 1 is 1.45 bits per heavy atom. The standard InChI is InChI=1S/C14H19FN2O3/c15-12-2-1-11(16)7-13(12)17-14(18)9-20-8-10-3-5-19-6-4-10/h1-2,7,10H,3-6,8-9,16H2,(H,17,18). The Bertz CT molecular complexity index is 462. The number of nitrogens with two attached hydrogens (primary N) is 1. The van der Waals surface area contributed by atoms with Gasteiger partial charge in [-0.3, -0.25) is 4.79 Å². The second-order valence-electron chi connectivity index (χ2n) is 4.86. The van der Waals surface area contributed by atoms with Gasteiger partial charge < -0.3 is 20.5 Å². The first-order valence-corrected chi connectivity index (χ1v) is 6.65. The second kappa shape index (κ2) is 7.21. The highest BCUT2D eigenvalue weighted by Crippen LogP contribution is 2.17. The van der Waals surface area contributed by atoms with E-state index in [0.717, 1.165) is 26.1 Å². The van der Waals surface area contributed by atoms with Gasteiger partial charge in [0.05, 0.1) is 12.3 Å². The number of nitrogen functional groups attached to an aromatic ring is 1. The van der Waals surface area contributed by atoms with E-state index in [-0.39, 0.29) is 18.2 Å². The van der Waals surface area contributed by atoms with Crippen molar-refractivity contribution >= 4 is 17.3 Å². The van der Waals surface area contributed by atoms with Crippen molar-refractivity contribution in [1.82, 2.24) is 0 Å². The van der Waals surface area contributed by atoms with Crippen molar-refractivity contribution < 1.29 is 18.7 Å². The third-order valence-electron chi connectivity index (χ3n) is 3.19. The van der Waals surface area contributed by atoms with Gasteiger partial charge in [-0.25, -0.2) is 4.39 Å². The number of carbonyl (C=O) groups excluding carboxylic acids is 1. The Morgan fingerprint density at radius 3 is 2.95 bits per heavy atom. The van der Waals surface area contributed by atoms with Gasteiger partial charge >= 0.3 is 0 Å². The summed E-state index contributed by atoms with van der Waals surface area (Å²) in [5.74, 6) is -0.473. The molecule has 2 rings (SSSR count). The summed E-state index contributed by atoms with van der Waals surface area (Å²) in [6.07, 6.45) is 1.90. The molecule has 0 atom stereocenters. The zero-order valence-electron chi connectivity index (χ0n) is 11.2. The van der Waals surface area contributed by atoms with Crippen LogP contribution in [0.5, 0.6) is 0 Å². The van der Waals surface area contributed by atoms with E-state index in [1.54, 1.807) is 0 Å². The second-order valence-corrected chi connectivity index (χ2v) is 4.86. The largest absolute Gasteiger partial charge is 0.399 e.